The van der Waals surface area contributed by atoms with Crippen LogP contribution in [-0.4, -0.2) is 24.2 Å². The standard InChI is InChI=1S/C13H24N2O2/c1-10(2)16-8-6-5-7-14-9-13-15-11(3)12(4)17-13/h10,14H,5-9H2,1-4H3. The molecule has 0 spiro atoms. The summed E-state index contributed by atoms with van der Waals surface area (Å²) < 4.78 is 10.9. The number of nitrogens with one attached hydrogen (secondary N) is 1. The van der Waals surface area contributed by atoms with Gasteiger partial charge in [-0.1, -0.05) is 0 Å². The highest BCUT2D eigenvalue weighted by molar-refractivity contribution is 5.04. The number of aryl methyl sites for hydroxylation is 2. The summed E-state index contributed by atoms with van der Waals surface area (Å²) in [4.78, 5) is 4.31. The predicted octanol–water partition coefficient (Wildman–Crippen LogP) is 2.59. The molecule has 0 aliphatic rings. The second-order valence-corrected chi connectivity index (χ2v) is 4.55. The van der Waals surface area contributed by atoms with Crippen LogP contribution in [0.4, 0.5) is 0 Å². The molecule has 4 heteroatoms. The van der Waals surface area contributed by atoms with Gasteiger partial charge in [0.15, 0.2) is 0 Å². The molecule has 1 N–H and O–H groups in total. The van der Waals surface area contributed by atoms with Gasteiger partial charge in [-0.15, -0.1) is 0 Å². The summed E-state index contributed by atoms with van der Waals surface area (Å²) in [5.41, 5.74) is 0.979. The van der Waals surface area contributed by atoms with E-state index in [0.29, 0.717) is 12.6 Å². The third kappa shape index (κ3) is 5.84. The van der Waals surface area contributed by atoms with Crippen molar-refractivity contribution in [1.82, 2.24) is 10.3 Å². The van der Waals surface area contributed by atoms with Crippen LogP contribution in [0.15, 0.2) is 4.42 Å². The molecule has 98 valence electrons. The Morgan fingerprint density at radius 2 is 2.06 bits per heavy atom. The molecule has 1 heterocycles. The molecule has 0 unspecified atom stereocenters. The Morgan fingerprint density at radius 3 is 2.65 bits per heavy atom. The van der Waals surface area contributed by atoms with Crippen LogP contribution in [0.25, 0.3) is 0 Å². The van der Waals surface area contributed by atoms with E-state index < -0.39 is 0 Å². The molecule has 0 aliphatic heterocycles. The van der Waals surface area contributed by atoms with Crippen LogP contribution in [0.3, 0.4) is 0 Å². The van der Waals surface area contributed by atoms with Gasteiger partial charge in [0, 0.05) is 6.61 Å². The number of aromatic nitrogens is 1. The van der Waals surface area contributed by atoms with Crippen molar-refractivity contribution in [3.8, 4) is 0 Å². The first-order chi connectivity index (χ1) is 8.09. The SMILES string of the molecule is Cc1nc(CNCCCCOC(C)C)oc1C. The van der Waals surface area contributed by atoms with Crippen LogP contribution in [0, 0.1) is 13.8 Å². The summed E-state index contributed by atoms with van der Waals surface area (Å²) in [5, 5.41) is 3.32. The highest BCUT2D eigenvalue weighted by Gasteiger charge is 2.04. The molecule has 0 radical (unpaired) electrons. The fraction of sp³-hybridized carbons (Fsp3) is 0.769. The van der Waals surface area contributed by atoms with Gasteiger partial charge in [-0.25, -0.2) is 4.98 Å². The van der Waals surface area contributed by atoms with Gasteiger partial charge >= 0.3 is 0 Å². The number of oxazole rings is 1. The zero-order chi connectivity index (χ0) is 12.7. The summed E-state index contributed by atoms with van der Waals surface area (Å²) in [5.74, 6) is 1.69. The molecule has 0 amide bonds. The Kier molecular flexibility index (Phi) is 6.22. The number of rotatable bonds is 8. The van der Waals surface area contributed by atoms with Crippen molar-refractivity contribution in [3.63, 3.8) is 0 Å². The van der Waals surface area contributed by atoms with Gasteiger partial charge in [0.1, 0.15) is 5.76 Å². The molecule has 1 aromatic heterocycles. The van der Waals surface area contributed by atoms with E-state index in [1.807, 2.05) is 13.8 Å². The predicted molar refractivity (Wildman–Crippen MR) is 68.0 cm³/mol. The van der Waals surface area contributed by atoms with E-state index in [-0.39, 0.29) is 0 Å². The quantitative estimate of drug-likeness (QED) is 0.709. The van der Waals surface area contributed by atoms with E-state index in [1.165, 1.54) is 0 Å². The molecule has 0 bridgehead atoms. The maximum atomic E-state index is 5.48. The van der Waals surface area contributed by atoms with E-state index in [2.05, 4.69) is 24.1 Å². The second kappa shape index (κ2) is 7.45. The number of unbranched alkanes of at least 4 members (excludes halogenated alkanes) is 1. The molecule has 1 rings (SSSR count). The lowest BCUT2D eigenvalue weighted by molar-refractivity contribution is 0.0760. The minimum Gasteiger partial charge on any atom is -0.444 e. The lowest BCUT2D eigenvalue weighted by Crippen LogP contribution is -2.15. The topological polar surface area (TPSA) is 47.3 Å². The minimum atomic E-state index is 0.334. The fourth-order valence-corrected chi connectivity index (χ4v) is 1.48. The van der Waals surface area contributed by atoms with Crippen LogP contribution in [0.1, 0.15) is 44.0 Å². The number of hydrogen-bond acceptors (Lipinski definition) is 4. The summed E-state index contributed by atoms with van der Waals surface area (Å²) in [6, 6.07) is 0. The molecular weight excluding hydrogens is 216 g/mol. The van der Waals surface area contributed by atoms with E-state index in [9.17, 15) is 0 Å². The molecule has 17 heavy (non-hydrogen) atoms. The highest BCUT2D eigenvalue weighted by Crippen LogP contribution is 2.07. The van der Waals surface area contributed by atoms with E-state index in [4.69, 9.17) is 9.15 Å². The molecule has 4 nitrogen and oxygen atoms in total. The van der Waals surface area contributed by atoms with Crippen molar-refractivity contribution in [1.29, 1.82) is 0 Å². The van der Waals surface area contributed by atoms with E-state index in [1.54, 1.807) is 0 Å². The average molecular weight is 240 g/mol. The van der Waals surface area contributed by atoms with Crippen LogP contribution in [0.2, 0.25) is 0 Å². The third-order valence-corrected chi connectivity index (χ3v) is 2.55. The molecular formula is C13H24N2O2. The van der Waals surface area contributed by atoms with Crippen LogP contribution < -0.4 is 5.32 Å². The average Bonchev–Trinajstić information content (AvgIpc) is 2.56. The first kappa shape index (κ1) is 14.2. The van der Waals surface area contributed by atoms with Crippen molar-refractivity contribution in [2.24, 2.45) is 0 Å². The van der Waals surface area contributed by atoms with Gasteiger partial charge in [-0.2, -0.15) is 0 Å². The maximum absolute atomic E-state index is 5.48. The summed E-state index contributed by atoms with van der Waals surface area (Å²) in [7, 11) is 0. The Bertz CT molecular complexity index is 302. The van der Waals surface area contributed by atoms with Crippen molar-refractivity contribution in [2.75, 3.05) is 13.2 Å². The zero-order valence-corrected chi connectivity index (χ0v) is 11.4. The normalized spacial score (nSPS) is 11.4. The first-order valence-electron chi connectivity index (χ1n) is 6.35. The number of nitrogens with zero attached hydrogens (tertiary/aromatic N) is 1. The molecule has 0 atom stereocenters. The second-order valence-electron chi connectivity index (χ2n) is 4.55. The number of ether oxygens (including phenoxy) is 1. The molecule has 0 fully saturated rings. The largest absolute Gasteiger partial charge is 0.444 e. The molecule has 0 saturated heterocycles. The van der Waals surface area contributed by atoms with Crippen LogP contribution in [-0.2, 0) is 11.3 Å². The highest BCUT2D eigenvalue weighted by atomic mass is 16.5. The fourth-order valence-electron chi connectivity index (χ4n) is 1.48. The molecule has 0 saturated carbocycles. The lowest BCUT2D eigenvalue weighted by atomic mass is 10.3. The minimum absolute atomic E-state index is 0.334. The smallest absolute Gasteiger partial charge is 0.208 e. The summed E-state index contributed by atoms with van der Waals surface area (Å²) >= 11 is 0. The van der Waals surface area contributed by atoms with Gasteiger partial charge < -0.3 is 14.5 Å². The van der Waals surface area contributed by atoms with Crippen LogP contribution in [0.5, 0.6) is 0 Å². The van der Waals surface area contributed by atoms with Gasteiger partial charge in [-0.05, 0) is 47.1 Å². The van der Waals surface area contributed by atoms with Gasteiger partial charge in [0.25, 0.3) is 0 Å². The van der Waals surface area contributed by atoms with Crippen molar-refractivity contribution in [2.45, 2.75) is 53.2 Å². The first-order valence-corrected chi connectivity index (χ1v) is 6.35. The number of hydrogen-bond donors (Lipinski definition) is 1. The summed E-state index contributed by atoms with van der Waals surface area (Å²) in [6.45, 7) is 10.6. The lowest BCUT2D eigenvalue weighted by Gasteiger charge is -2.07. The monoisotopic (exact) mass is 240 g/mol. The van der Waals surface area contributed by atoms with Crippen molar-refractivity contribution in [3.05, 3.63) is 17.3 Å². The van der Waals surface area contributed by atoms with E-state index in [0.717, 1.165) is 43.3 Å². The molecule has 1 aromatic rings. The van der Waals surface area contributed by atoms with Gasteiger partial charge in [-0.3, -0.25) is 0 Å². The van der Waals surface area contributed by atoms with Gasteiger partial charge in [0.05, 0.1) is 18.3 Å². The summed E-state index contributed by atoms with van der Waals surface area (Å²) in [6.07, 6.45) is 2.54. The Balaban J connectivity index is 2.01. The molecule has 0 aliphatic carbocycles. The Labute approximate surface area is 104 Å². The Hall–Kier alpha value is -0.870. The van der Waals surface area contributed by atoms with E-state index >= 15 is 0 Å². The van der Waals surface area contributed by atoms with Gasteiger partial charge in [0.2, 0.25) is 5.89 Å². The van der Waals surface area contributed by atoms with Crippen molar-refractivity contribution < 1.29 is 9.15 Å². The van der Waals surface area contributed by atoms with Crippen molar-refractivity contribution >= 4 is 0 Å². The van der Waals surface area contributed by atoms with Crippen LogP contribution >= 0.6 is 0 Å². The maximum Gasteiger partial charge on any atom is 0.208 e. The Morgan fingerprint density at radius 1 is 1.29 bits per heavy atom. The zero-order valence-electron chi connectivity index (χ0n) is 11.4. The molecule has 0 aromatic carbocycles. The third-order valence-electron chi connectivity index (χ3n) is 2.55.